The minimum absolute atomic E-state index is 0.208. The predicted molar refractivity (Wildman–Crippen MR) is 99.5 cm³/mol. The van der Waals surface area contributed by atoms with E-state index in [0.717, 1.165) is 10.5 Å². The number of benzene rings is 1. The fraction of sp³-hybridized carbons (Fsp3) is 0.474. The second-order valence-corrected chi connectivity index (χ2v) is 6.51. The van der Waals surface area contributed by atoms with Crippen LogP contribution in [0.4, 0.5) is 4.79 Å². The Morgan fingerprint density at radius 3 is 2.57 bits per heavy atom. The van der Waals surface area contributed by atoms with Crippen LogP contribution >= 0.6 is 0 Å². The number of amides is 3. The van der Waals surface area contributed by atoms with Crippen molar-refractivity contribution in [1.82, 2.24) is 15.5 Å². The number of ether oxygens (including phenoxy) is 1. The van der Waals surface area contributed by atoms with E-state index in [4.69, 9.17) is 9.84 Å². The topological polar surface area (TPSA) is 125 Å². The van der Waals surface area contributed by atoms with Crippen molar-refractivity contribution in [2.75, 3.05) is 13.2 Å². The van der Waals surface area contributed by atoms with Crippen LogP contribution in [-0.2, 0) is 25.5 Å². The summed E-state index contributed by atoms with van der Waals surface area (Å²) in [5, 5.41) is 14.1. The molecular formula is C19H25N3O6. The molecule has 0 saturated carbocycles. The fourth-order valence-electron chi connectivity index (χ4n) is 2.94. The molecule has 1 aromatic rings. The van der Waals surface area contributed by atoms with Gasteiger partial charge in [0.05, 0.1) is 19.2 Å². The Morgan fingerprint density at radius 1 is 1.32 bits per heavy atom. The van der Waals surface area contributed by atoms with Crippen molar-refractivity contribution in [3.8, 4) is 0 Å². The summed E-state index contributed by atoms with van der Waals surface area (Å²) in [6.45, 7) is 3.17. The van der Waals surface area contributed by atoms with Crippen molar-refractivity contribution in [3.63, 3.8) is 0 Å². The molecule has 1 heterocycles. The lowest BCUT2D eigenvalue weighted by Gasteiger charge is -2.24. The lowest BCUT2D eigenvalue weighted by atomic mass is 10.0. The normalized spacial score (nSPS) is 18.3. The summed E-state index contributed by atoms with van der Waals surface area (Å²) in [6.07, 6.45) is 1.01. The summed E-state index contributed by atoms with van der Waals surface area (Å²) in [4.78, 5) is 48.6. The van der Waals surface area contributed by atoms with Gasteiger partial charge in [-0.05, 0) is 32.3 Å². The number of hydrogen-bond acceptors (Lipinski definition) is 6. The van der Waals surface area contributed by atoms with Crippen LogP contribution < -0.4 is 10.6 Å². The maximum atomic E-state index is 12.6. The Hall–Kier alpha value is -2.94. The minimum Gasteiger partial charge on any atom is -0.480 e. The average Bonchev–Trinajstić information content (AvgIpc) is 3.07. The molecule has 1 aliphatic heterocycles. The molecule has 0 spiro atoms. The number of nitrogens with one attached hydrogen (secondary N) is 2. The molecule has 152 valence electrons. The first-order valence-corrected chi connectivity index (χ1v) is 9.14. The van der Waals surface area contributed by atoms with E-state index < -0.39 is 42.0 Å². The van der Waals surface area contributed by atoms with Crippen molar-refractivity contribution in [2.24, 2.45) is 0 Å². The monoisotopic (exact) mass is 391 g/mol. The van der Waals surface area contributed by atoms with Crippen molar-refractivity contribution in [3.05, 3.63) is 35.9 Å². The summed E-state index contributed by atoms with van der Waals surface area (Å²) < 4.78 is 5.08. The molecular weight excluding hydrogens is 366 g/mol. The highest BCUT2D eigenvalue weighted by atomic mass is 16.5. The maximum absolute atomic E-state index is 12.6. The standard InChI is InChI=1S/C19H25N3O6/c1-3-28-18(26)14(10-9-13-7-5-4-6-8-13)20-12(2)16(23)22-11-15(17(24)25)21-19(22)27/h4-8,12,14-15,20H,3,9-11H2,1-2H3,(H,21,27)(H,24,25)/t12-,14-,15?/m0/s1. The zero-order valence-electron chi connectivity index (χ0n) is 15.9. The predicted octanol–water partition coefficient (Wildman–Crippen LogP) is 0.534. The van der Waals surface area contributed by atoms with E-state index in [9.17, 15) is 19.2 Å². The number of urea groups is 1. The van der Waals surface area contributed by atoms with Crippen molar-refractivity contribution in [2.45, 2.75) is 44.8 Å². The second-order valence-electron chi connectivity index (χ2n) is 6.51. The van der Waals surface area contributed by atoms with Crippen LogP contribution in [0, 0.1) is 0 Å². The third-order valence-electron chi connectivity index (χ3n) is 4.43. The van der Waals surface area contributed by atoms with Crippen molar-refractivity contribution < 1.29 is 29.0 Å². The number of imide groups is 1. The van der Waals surface area contributed by atoms with Crippen LogP contribution in [0.2, 0.25) is 0 Å². The SMILES string of the molecule is CCOC(=O)[C@H](CCc1ccccc1)N[C@@H](C)C(=O)N1CC(C(=O)O)NC1=O. The van der Waals surface area contributed by atoms with E-state index in [-0.39, 0.29) is 13.2 Å². The van der Waals surface area contributed by atoms with E-state index in [2.05, 4.69) is 10.6 Å². The van der Waals surface area contributed by atoms with Crippen molar-refractivity contribution >= 4 is 23.9 Å². The number of esters is 1. The van der Waals surface area contributed by atoms with E-state index in [1.165, 1.54) is 6.92 Å². The first-order valence-electron chi connectivity index (χ1n) is 9.14. The molecule has 9 nitrogen and oxygen atoms in total. The molecule has 3 amide bonds. The van der Waals surface area contributed by atoms with Gasteiger partial charge in [0.25, 0.3) is 0 Å². The Bertz CT molecular complexity index is 724. The van der Waals surface area contributed by atoms with E-state index in [1.54, 1.807) is 6.92 Å². The highest BCUT2D eigenvalue weighted by Crippen LogP contribution is 2.10. The molecule has 1 fully saturated rings. The Morgan fingerprint density at radius 2 is 2.00 bits per heavy atom. The first-order chi connectivity index (χ1) is 13.3. The van der Waals surface area contributed by atoms with Crippen LogP contribution in [0.15, 0.2) is 30.3 Å². The number of aryl methyl sites for hydroxylation is 1. The van der Waals surface area contributed by atoms with Crippen LogP contribution in [0.1, 0.15) is 25.8 Å². The molecule has 3 atom stereocenters. The fourth-order valence-corrected chi connectivity index (χ4v) is 2.94. The summed E-state index contributed by atoms with van der Waals surface area (Å²) in [6, 6.07) is 6.08. The molecule has 3 N–H and O–H groups in total. The molecule has 1 aromatic carbocycles. The molecule has 0 aromatic heterocycles. The number of nitrogens with zero attached hydrogens (tertiary/aromatic N) is 1. The Labute approximate surface area is 163 Å². The van der Waals surface area contributed by atoms with Crippen molar-refractivity contribution in [1.29, 1.82) is 0 Å². The summed E-state index contributed by atoms with van der Waals surface area (Å²) in [5.74, 6) is -2.29. The van der Waals surface area contributed by atoms with Gasteiger partial charge in [-0.15, -0.1) is 0 Å². The van der Waals surface area contributed by atoms with Gasteiger partial charge >= 0.3 is 18.0 Å². The lowest BCUT2D eigenvalue weighted by Crippen LogP contribution is -2.52. The molecule has 9 heteroatoms. The molecule has 0 radical (unpaired) electrons. The lowest BCUT2D eigenvalue weighted by molar-refractivity contribution is -0.146. The molecule has 0 bridgehead atoms. The van der Waals surface area contributed by atoms with Gasteiger partial charge in [0.2, 0.25) is 5.91 Å². The largest absolute Gasteiger partial charge is 0.480 e. The third-order valence-corrected chi connectivity index (χ3v) is 4.43. The molecule has 1 aliphatic rings. The quantitative estimate of drug-likeness (QED) is 0.525. The maximum Gasteiger partial charge on any atom is 0.328 e. The number of rotatable bonds is 9. The van der Waals surface area contributed by atoms with Gasteiger partial charge in [0.15, 0.2) is 0 Å². The summed E-state index contributed by atoms with van der Waals surface area (Å²) in [5.41, 5.74) is 1.04. The van der Waals surface area contributed by atoms with Gasteiger partial charge in [-0.3, -0.25) is 19.8 Å². The summed E-state index contributed by atoms with van der Waals surface area (Å²) in [7, 11) is 0. The minimum atomic E-state index is -1.21. The highest BCUT2D eigenvalue weighted by molar-refractivity contribution is 6.01. The van der Waals surface area contributed by atoms with Crippen LogP contribution in [-0.4, -0.2) is 65.2 Å². The van der Waals surface area contributed by atoms with Crippen LogP contribution in [0.5, 0.6) is 0 Å². The number of carboxylic acids is 1. The van der Waals surface area contributed by atoms with Gasteiger partial charge in [-0.25, -0.2) is 9.59 Å². The highest BCUT2D eigenvalue weighted by Gasteiger charge is 2.39. The van der Waals surface area contributed by atoms with E-state index >= 15 is 0 Å². The molecule has 28 heavy (non-hydrogen) atoms. The first kappa shape index (κ1) is 21.4. The van der Waals surface area contributed by atoms with Crippen LogP contribution in [0.3, 0.4) is 0 Å². The molecule has 1 unspecified atom stereocenters. The molecule has 0 aliphatic carbocycles. The summed E-state index contributed by atoms with van der Waals surface area (Å²) >= 11 is 0. The smallest absolute Gasteiger partial charge is 0.328 e. The molecule has 2 rings (SSSR count). The number of carbonyl (C=O) groups excluding carboxylic acids is 3. The second kappa shape index (κ2) is 9.84. The Kier molecular flexibility index (Phi) is 7.51. The Balaban J connectivity index is 2.01. The number of aliphatic carboxylic acids is 1. The average molecular weight is 391 g/mol. The van der Waals surface area contributed by atoms with Crippen LogP contribution in [0.25, 0.3) is 0 Å². The number of hydrogen-bond donors (Lipinski definition) is 3. The zero-order chi connectivity index (χ0) is 20.7. The van der Waals surface area contributed by atoms with Gasteiger partial charge in [0, 0.05) is 0 Å². The van der Waals surface area contributed by atoms with E-state index in [1.807, 2.05) is 30.3 Å². The van der Waals surface area contributed by atoms with Gasteiger partial charge in [-0.2, -0.15) is 0 Å². The van der Waals surface area contributed by atoms with Gasteiger partial charge in [-0.1, -0.05) is 30.3 Å². The molecule has 1 saturated heterocycles. The number of carbonyl (C=O) groups is 4. The third kappa shape index (κ3) is 5.53. The zero-order valence-corrected chi connectivity index (χ0v) is 15.9. The number of carboxylic acid groups (broad SMARTS) is 1. The van der Waals surface area contributed by atoms with Gasteiger partial charge in [0.1, 0.15) is 12.1 Å². The van der Waals surface area contributed by atoms with E-state index in [0.29, 0.717) is 12.8 Å². The van der Waals surface area contributed by atoms with Gasteiger partial charge < -0.3 is 15.2 Å².